The summed E-state index contributed by atoms with van der Waals surface area (Å²) in [5, 5.41) is 0. The van der Waals surface area contributed by atoms with E-state index >= 15 is 0 Å². The van der Waals surface area contributed by atoms with Crippen molar-refractivity contribution >= 4 is 21.9 Å². The summed E-state index contributed by atoms with van der Waals surface area (Å²) in [6.07, 6.45) is 4.63. The number of hydrogen-bond donors (Lipinski definition) is 0. The van der Waals surface area contributed by atoms with Crippen LogP contribution in [-0.2, 0) is 24.3 Å². The monoisotopic (exact) mass is 494 g/mol. The predicted molar refractivity (Wildman–Crippen MR) is 124 cm³/mol. The average molecular weight is 495 g/mol. The lowest BCUT2D eigenvalue weighted by Gasteiger charge is -2.30. The number of ether oxygens (including phenoxy) is 3. The third-order valence-electron chi connectivity index (χ3n) is 6.50. The summed E-state index contributed by atoms with van der Waals surface area (Å²) in [5.41, 5.74) is 0. The summed E-state index contributed by atoms with van der Waals surface area (Å²) in [4.78, 5) is 27.0. The number of esters is 1. The Labute approximate surface area is 201 Å². The van der Waals surface area contributed by atoms with E-state index in [-0.39, 0.29) is 30.5 Å². The number of rotatable bonds is 9. The van der Waals surface area contributed by atoms with Gasteiger partial charge in [0, 0.05) is 38.7 Å². The first-order chi connectivity index (χ1) is 16.4. The molecule has 34 heavy (non-hydrogen) atoms. The third-order valence-corrected chi connectivity index (χ3v) is 8.40. The minimum absolute atomic E-state index is 0.148. The van der Waals surface area contributed by atoms with Gasteiger partial charge in [-0.05, 0) is 50.2 Å². The van der Waals surface area contributed by atoms with Crippen LogP contribution in [0.15, 0.2) is 23.1 Å². The average Bonchev–Trinajstić information content (AvgIpc) is 3.68. The predicted octanol–water partition coefficient (Wildman–Crippen LogP) is 2.44. The van der Waals surface area contributed by atoms with E-state index in [1.165, 1.54) is 16.4 Å². The van der Waals surface area contributed by atoms with Crippen LogP contribution >= 0.6 is 0 Å². The number of nitrogens with zero attached hydrogens (tertiary/aromatic N) is 2. The first-order valence-corrected chi connectivity index (χ1v) is 13.7. The van der Waals surface area contributed by atoms with Gasteiger partial charge in [0.2, 0.25) is 10.0 Å². The highest BCUT2D eigenvalue weighted by Crippen LogP contribution is 2.34. The summed E-state index contributed by atoms with van der Waals surface area (Å²) in [6, 6.07) is 4.66. The molecule has 188 valence electrons. The van der Waals surface area contributed by atoms with Crippen LogP contribution in [0.25, 0.3) is 0 Å². The maximum absolute atomic E-state index is 13.1. The summed E-state index contributed by atoms with van der Waals surface area (Å²) >= 11 is 0. The zero-order chi connectivity index (χ0) is 24.1. The van der Waals surface area contributed by atoms with Crippen molar-refractivity contribution in [2.24, 2.45) is 11.8 Å². The highest BCUT2D eigenvalue weighted by Gasteiger charge is 2.34. The van der Waals surface area contributed by atoms with Crippen LogP contribution < -0.4 is 9.47 Å². The zero-order valence-electron chi connectivity index (χ0n) is 19.7. The van der Waals surface area contributed by atoms with Crippen molar-refractivity contribution in [2.45, 2.75) is 50.3 Å². The number of hydrogen-bond acceptors (Lipinski definition) is 7. The second kappa shape index (κ2) is 10.9. The van der Waals surface area contributed by atoms with E-state index in [4.69, 9.17) is 14.2 Å². The SMILES string of the molecule is CCCN(CC1CC1)C(=O)COC(=O)C1CCN(S(=O)(=O)c2ccc3c(c2)OCCCO3)CC1. The molecule has 0 unspecified atom stereocenters. The fraction of sp³-hybridized carbons (Fsp3) is 0.667. The van der Waals surface area contributed by atoms with Crippen molar-refractivity contribution < 1.29 is 32.2 Å². The molecule has 1 amide bonds. The molecule has 2 fully saturated rings. The van der Waals surface area contributed by atoms with Gasteiger partial charge in [-0.2, -0.15) is 4.31 Å². The second-order valence-electron chi connectivity index (χ2n) is 9.23. The van der Waals surface area contributed by atoms with Crippen LogP contribution in [-0.4, -0.2) is 75.5 Å². The van der Waals surface area contributed by atoms with Crippen LogP contribution in [0.5, 0.6) is 11.5 Å². The summed E-state index contributed by atoms with van der Waals surface area (Å²) in [6.45, 7) is 4.62. The normalized spacial score (nSPS) is 19.3. The number of carbonyl (C=O) groups excluding carboxylic acids is 2. The van der Waals surface area contributed by atoms with Crippen LogP contribution in [0, 0.1) is 11.8 Å². The molecule has 2 heterocycles. The van der Waals surface area contributed by atoms with Crippen molar-refractivity contribution in [1.29, 1.82) is 0 Å². The first kappa shape index (κ1) is 24.8. The molecule has 1 aromatic rings. The fourth-order valence-electron chi connectivity index (χ4n) is 4.33. The Morgan fingerprint density at radius 3 is 2.47 bits per heavy atom. The van der Waals surface area contributed by atoms with Gasteiger partial charge in [0.05, 0.1) is 24.0 Å². The van der Waals surface area contributed by atoms with Gasteiger partial charge in [-0.15, -0.1) is 0 Å². The lowest BCUT2D eigenvalue weighted by Crippen LogP contribution is -2.41. The quantitative estimate of drug-likeness (QED) is 0.486. The Bertz CT molecular complexity index is 985. The molecule has 0 radical (unpaired) electrons. The van der Waals surface area contributed by atoms with E-state index in [0.717, 1.165) is 32.2 Å². The standard InChI is InChI=1S/C24H34N2O7S/c1-2-10-25(16-18-4-5-18)23(27)17-33-24(28)19-8-11-26(12-9-19)34(29,30)20-6-7-21-22(15-20)32-14-3-13-31-21/h6-7,15,18-19H,2-5,8-14,16-17H2,1H3. The molecule has 3 aliphatic rings. The molecule has 1 saturated heterocycles. The number of amides is 1. The second-order valence-corrected chi connectivity index (χ2v) is 11.2. The van der Waals surface area contributed by atoms with Gasteiger partial charge in [0.25, 0.3) is 5.91 Å². The van der Waals surface area contributed by atoms with Gasteiger partial charge < -0.3 is 19.1 Å². The van der Waals surface area contributed by atoms with Crippen LogP contribution in [0.2, 0.25) is 0 Å². The first-order valence-electron chi connectivity index (χ1n) is 12.2. The summed E-state index contributed by atoms with van der Waals surface area (Å²) in [7, 11) is -3.72. The molecular weight excluding hydrogens is 460 g/mol. The summed E-state index contributed by atoms with van der Waals surface area (Å²) in [5.74, 6) is 0.560. The summed E-state index contributed by atoms with van der Waals surface area (Å²) < 4.78 is 44.2. The molecule has 10 heteroatoms. The molecule has 0 atom stereocenters. The Morgan fingerprint density at radius 1 is 1.09 bits per heavy atom. The van der Waals surface area contributed by atoms with E-state index in [0.29, 0.717) is 50.0 Å². The van der Waals surface area contributed by atoms with E-state index in [1.54, 1.807) is 11.0 Å². The lowest BCUT2D eigenvalue weighted by molar-refractivity contribution is -0.156. The number of benzene rings is 1. The minimum atomic E-state index is -3.72. The molecule has 0 bridgehead atoms. The maximum atomic E-state index is 13.1. The van der Waals surface area contributed by atoms with E-state index in [2.05, 4.69) is 0 Å². The number of piperidine rings is 1. The minimum Gasteiger partial charge on any atom is -0.490 e. The van der Waals surface area contributed by atoms with Crippen molar-refractivity contribution in [2.75, 3.05) is 46.0 Å². The Morgan fingerprint density at radius 2 is 1.79 bits per heavy atom. The largest absolute Gasteiger partial charge is 0.490 e. The Hall–Kier alpha value is -2.33. The number of fused-ring (bicyclic) bond motifs is 1. The van der Waals surface area contributed by atoms with Crippen molar-refractivity contribution in [3.05, 3.63) is 18.2 Å². The molecule has 4 rings (SSSR count). The van der Waals surface area contributed by atoms with E-state index < -0.39 is 21.9 Å². The third kappa shape index (κ3) is 6.02. The molecule has 2 aliphatic heterocycles. The molecule has 1 aliphatic carbocycles. The lowest BCUT2D eigenvalue weighted by atomic mass is 9.98. The van der Waals surface area contributed by atoms with Gasteiger partial charge in [-0.25, -0.2) is 8.42 Å². The van der Waals surface area contributed by atoms with Gasteiger partial charge >= 0.3 is 5.97 Å². The molecule has 0 N–H and O–H groups in total. The molecule has 0 aromatic heterocycles. The van der Waals surface area contributed by atoms with E-state index in [9.17, 15) is 18.0 Å². The number of carbonyl (C=O) groups is 2. The smallest absolute Gasteiger partial charge is 0.309 e. The van der Waals surface area contributed by atoms with Crippen molar-refractivity contribution in [3.63, 3.8) is 0 Å². The van der Waals surface area contributed by atoms with Crippen LogP contribution in [0.1, 0.15) is 45.4 Å². The van der Waals surface area contributed by atoms with Crippen molar-refractivity contribution in [1.82, 2.24) is 9.21 Å². The van der Waals surface area contributed by atoms with Gasteiger partial charge in [-0.1, -0.05) is 6.92 Å². The molecule has 1 saturated carbocycles. The van der Waals surface area contributed by atoms with Gasteiger partial charge in [-0.3, -0.25) is 9.59 Å². The topological polar surface area (TPSA) is 102 Å². The fourth-order valence-corrected chi connectivity index (χ4v) is 5.81. The number of sulfonamides is 1. The Balaban J connectivity index is 1.28. The Kier molecular flexibility index (Phi) is 7.98. The van der Waals surface area contributed by atoms with E-state index in [1.807, 2.05) is 6.92 Å². The van der Waals surface area contributed by atoms with Crippen LogP contribution in [0.3, 0.4) is 0 Å². The molecule has 9 nitrogen and oxygen atoms in total. The highest BCUT2D eigenvalue weighted by molar-refractivity contribution is 7.89. The molecule has 1 aromatic carbocycles. The van der Waals surface area contributed by atoms with Crippen molar-refractivity contribution in [3.8, 4) is 11.5 Å². The van der Waals surface area contributed by atoms with Crippen LogP contribution in [0.4, 0.5) is 0 Å². The van der Waals surface area contributed by atoms with Gasteiger partial charge in [0.1, 0.15) is 0 Å². The maximum Gasteiger partial charge on any atom is 0.309 e. The van der Waals surface area contributed by atoms with Gasteiger partial charge in [0.15, 0.2) is 18.1 Å². The highest BCUT2D eigenvalue weighted by atomic mass is 32.2. The zero-order valence-corrected chi connectivity index (χ0v) is 20.6. The molecule has 0 spiro atoms. The molecular formula is C24H34N2O7S.